The highest BCUT2D eigenvalue weighted by Gasteiger charge is 2.15. The number of anilines is 3. The summed E-state index contributed by atoms with van der Waals surface area (Å²) in [6, 6.07) is 4.23. The molecule has 0 aliphatic heterocycles. The molecule has 0 unspecified atom stereocenters. The van der Waals surface area contributed by atoms with E-state index in [9.17, 15) is 13.6 Å². The van der Waals surface area contributed by atoms with Gasteiger partial charge in [0.2, 0.25) is 0 Å². The molecule has 3 N–H and O–H groups in total. The molecule has 7 heteroatoms. The molecule has 5 nitrogen and oxygen atoms in total. The summed E-state index contributed by atoms with van der Waals surface area (Å²) < 4.78 is 31.2. The van der Waals surface area contributed by atoms with E-state index in [1.54, 1.807) is 0 Å². The summed E-state index contributed by atoms with van der Waals surface area (Å²) in [5.41, 5.74) is 5.66. The summed E-state index contributed by atoms with van der Waals surface area (Å²) in [6.45, 7) is 0. The van der Waals surface area contributed by atoms with E-state index < -0.39 is 17.6 Å². The summed E-state index contributed by atoms with van der Waals surface area (Å²) in [6.07, 6.45) is 1.28. The smallest absolute Gasteiger partial charge is 0.341 e. The maximum absolute atomic E-state index is 13.6. The van der Waals surface area contributed by atoms with E-state index in [0.717, 1.165) is 18.2 Å². The molecule has 2 aromatic rings. The molecule has 0 spiro atoms. The maximum Gasteiger partial charge on any atom is 0.341 e. The van der Waals surface area contributed by atoms with Gasteiger partial charge in [-0.2, -0.15) is 0 Å². The standard InChI is InChI=1S/C13H11F2N3O2/c1-20-13(19)9-5-8(16)6-17-12(9)18-11-4-7(14)2-3-10(11)15/h2-6H,16H2,1H3,(H,17,18). The highest BCUT2D eigenvalue weighted by molar-refractivity contribution is 5.96. The Labute approximate surface area is 113 Å². The van der Waals surface area contributed by atoms with E-state index >= 15 is 0 Å². The Hall–Kier alpha value is -2.70. The van der Waals surface area contributed by atoms with Crippen molar-refractivity contribution in [2.75, 3.05) is 18.2 Å². The van der Waals surface area contributed by atoms with Crippen LogP contribution in [0.4, 0.5) is 26.0 Å². The second-order valence-electron chi connectivity index (χ2n) is 3.91. The van der Waals surface area contributed by atoms with Gasteiger partial charge in [0.25, 0.3) is 0 Å². The van der Waals surface area contributed by atoms with Crippen LogP contribution in [0.3, 0.4) is 0 Å². The van der Waals surface area contributed by atoms with Crippen molar-refractivity contribution in [3.63, 3.8) is 0 Å². The molecule has 104 valence electrons. The van der Waals surface area contributed by atoms with Gasteiger partial charge in [-0.1, -0.05) is 0 Å². The topological polar surface area (TPSA) is 77.2 Å². The van der Waals surface area contributed by atoms with E-state index in [4.69, 9.17) is 5.73 Å². The number of esters is 1. The molecule has 0 fully saturated rings. The molecule has 0 saturated heterocycles. The number of ether oxygens (including phenoxy) is 1. The predicted molar refractivity (Wildman–Crippen MR) is 69.6 cm³/mol. The Morgan fingerprint density at radius 1 is 1.35 bits per heavy atom. The average molecular weight is 279 g/mol. The van der Waals surface area contributed by atoms with Crippen LogP contribution >= 0.6 is 0 Å². The maximum atomic E-state index is 13.6. The van der Waals surface area contributed by atoms with Gasteiger partial charge in [-0.25, -0.2) is 18.6 Å². The molecular weight excluding hydrogens is 268 g/mol. The van der Waals surface area contributed by atoms with Crippen LogP contribution in [-0.4, -0.2) is 18.1 Å². The number of nitrogen functional groups attached to an aromatic ring is 1. The van der Waals surface area contributed by atoms with Gasteiger partial charge in [0.05, 0.1) is 24.7 Å². The molecule has 0 aliphatic carbocycles. The van der Waals surface area contributed by atoms with Crippen LogP contribution in [0.2, 0.25) is 0 Å². The van der Waals surface area contributed by atoms with Crippen LogP contribution in [0.15, 0.2) is 30.5 Å². The van der Waals surface area contributed by atoms with Crippen molar-refractivity contribution in [1.29, 1.82) is 0 Å². The number of pyridine rings is 1. The monoisotopic (exact) mass is 279 g/mol. The second kappa shape index (κ2) is 5.52. The van der Waals surface area contributed by atoms with Crippen molar-refractivity contribution < 1.29 is 18.3 Å². The molecular formula is C13H11F2N3O2. The number of nitrogens with zero attached hydrogens (tertiary/aromatic N) is 1. The first kappa shape index (κ1) is 13.7. The fraction of sp³-hybridized carbons (Fsp3) is 0.0769. The number of halogens is 2. The number of nitrogens with two attached hydrogens (primary N) is 1. The van der Waals surface area contributed by atoms with Gasteiger partial charge in [-0.05, 0) is 18.2 Å². The average Bonchev–Trinajstić information content (AvgIpc) is 2.43. The molecule has 0 amide bonds. The number of methoxy groups -OCH3 is 1. The Morgan fingerprint density at radius 3 is 2.80 bits per heavy atom. The molecule has 1 aromatic heterocycles. The first-order valence-corrected chi connectivity index (χ1v) is 5.57. The van der Waals surface area contributed by atoms with Crippen LogP contribution in [0.5, 0.6) is 0 Å². The fourth-order valence-corrected chi connectivity index (χ4v) is 1.57. The van der Waals surface area contributed by atoms with Gasteiger partial charge >= 0.3 is 5.97 Å². The number of carbonyl (C=O) groups is 1. The largest absolute Gasteiger partial charge is 0.465 e. The zero-order chi connectivity index (χ0) is 14.7. The zero-order valence-electron chi connectivity index (χ0n) is 10.5. The van der Waals surface area contributed by atoms with Crippen molar-refractivity contribution in [2.45, 2.75) is 0 Å². The first-order chi connectivity index (χ1) is 9.51. The highest BCUT2D eigenvalue weighted by Crippen LogP contribution is 2.24. The lowest BCUT2D eigenvalue weighted by Crippen LogP contribution is -2.09. The third-order valence-corrected chi connectivity index (χ3v) is 2.50. The number of rotatable bonds is 3. The summed E-state index contributed by atoms with van der Waals surface area (Å²) >= 11 is 0. The lowest BCUT2D eigenvalue weighted by Gasteiger charge is -2.11. The van der Waals surface area contributed by atoms with Crippen LogP contribution in [-0.2, 0) is 4.74 Å². The second-order valence-corrected chi connectivity index (χ2v) is 3.91. The van der Waals surface area contributed by atoms with Crippen molar-refractivity contribution in [2.24, 2.45) is 0 Å². The Bertz CT molecular complexity index is 662. The molecule has 20 heavy (non-hydrogen) atoms. The van der Waals surface area contributed by atoms with E-state index in [2.05, 4.69) is 15.0 Å². The Morgan fingerprint density at radius 2 is 2.10 bits per heavy atom. The van der Waals surface area contributed by atoms with Crippen LogP contribution in [0, 0.1) is 11.6 Å². The van der Waals surface area contributed by atoms with Crippen molar-refractivity contribution in [3.8, 4) is 0 Å². The molecule has 0 atom stereocenters. The summed E-state index contributed by atoms with van der Waals surface area (Å²) in [5, 5.41) is 2.54. The number of nitrogens with one attached hydrogen (secondary N) is 1. The summed E-state index contributed by atoms with van der Waals surface area (Å²) in [5.74, 6) is -1.97. The van der Waals surface area contributed by atoms with E-state index in [-0.39, 0.29) is 22.8 Å². The molecule has 2 rings (SSSR count). The Kier molecular flexibility index (Phi) is 3.79. The van der Waals surface area contributed by atoms with Crippen LogP contribution in [0.1, 0.15) is 10.4 Å². The SMILES string of the molecule is COC(=O)c1cc(N)cnc1Nc1cc(F)ccc1F. The number of benzene rings is 1. The van der Waals surface area contributed by atoms with Crippen molar-refractivity contribution >= 4 is 23.2 Å². The number of hydrogen-bond acceptors (Lipinski definition) is 5. The summed E-state index contributed by atoms with van der Waals surface area (Å²) in [4.78, 5) is 15.5. The van der Waals surface area contributed by atoms with Crippen molar-refractivity contribution in [3.05, 3.63) is 47.7 Å². The molecule has 0 radical (unpaired) electrons. The number of carbonyl (C=O) groups excluding carboxylic acids is 1. The highest BCUT2D eigenvalue weighted by atomic mass is 19.1. The molecule has 0 aliphatic rings. The minimum absolute atomic E-state index is 0.0237. The predicted octanol–water partition coefficient (Wildman–Crippen LogP) is 2.47. The van der Waals surface area contributed by atoms with Crippen LogP contribution < -0.4 is 11.1 Å². The lowest BCUT2D eigenvalue weighted by molar-refractivity contribution is 0.0601. The van der Waals surface area contributed by atoms with E-state index in [0.29, 0.717) is 0 Å². The number of hydrogen-bond donors (Lipinski definition) is 2. The van der Waals surface area contributed by atoms with Gasteiger partial charge in [0.15, 0.2) is 0 Å². The molecule has 0 saturated carbocycles. The van der Waals surface area contributed by atoms with Gasteiger partial charge in [0, 0.05) is 6.07 Å². The normalized spacial score (nSPS) is 10.2. The lowest BCUT2D eigenvalue weighted by atomic mass is 10.2. The van der Waals surface area contributed by atoms with Crippen molar-refractivity contribution in [1.82, 2.24) is 4.98 Å². The Balaban J connectivity index is 2.43. The van der Waals surface area contributed by atoms with Gasteiger partial charge in [-0.3, -0.25) is 0 Å². The molecule has 1 aromatic carbocycles. The summed E-state index contributed by atoms with van der Waals surface area (Å²) in [7, 11) is 1.19. The zero-order valence-corrected chi connectivity index (χ0v) is 10.5. The molecule has 1 heterocycles. The quantitative estimate of drug-likeness (QED) is 0.844. The van der Waals surface area contributed by atoms with E-state index in [1.807, 2.05) is 0 Å². The third kappa shape index (κ3) is 2.82. The third-order valence-electron chi connectivity index (χ3n) is 2.50. The van der Waals surface area contributed by atoms with Gasteiger partial charge in [0.1, 0.15) is 23.0 Å². The minimum atomic E-state index is -0.691. The van der Waals surface area contributed by atoms with Gasteiger partial charge in [-0.15, -0.1) is 0 Å². The van der Waals surface area contributed by atoms with E-state index in [1.165, 1.54) is 19.4 Å². The molecule has 0 bridgehead atoms. The first-order valence-electron chi connectivity index (χ1n) is 5.57. The van der Waals surface area contributed by atoms with Gasteiger partial charge < -0.3 is 15.8 Å². The number of aromatic nitrogens is 1. The minimum Gasteiger partial charge on any atom is -0.465 e. The van der Waals surface area contributed by atoms with Crippen LogP contribution in [0.25, 0.3) is 0 Å². The fourth-order valence-electron chi connectivity index (χ4n) is 1.57.